The lowest BCUT2D eigenvalue weighted by molar-refractivity contribution is -0.142. The quantitative estimate of drug-likeness (QED) is 0.815. The molecule has 0 atom stereocenters. The zero-order chi connectivity index (χ0) is 18.7. The SMILES string of the molecule is CN(Cc1cccc(N2CCC(C(=O)O)CC2)c1)S(=O)(=O)c1cccs1. The second-order valence-electron chi connectivity index (χ2n) is 6.46. The maximum atomic E-state index is 12.6. The third-order valence-corrected chi connectivity index (χ3v) is 7.86. The van der Waals surface area contributed by atoms with Gasteiger partial charge in [-0.2, -0.15) is 4.31 Å². The lowest BCUT2D eigenvalue weighted by Crippen LogP contribution is -2.36. The number of piperidine rings is 1. The van der Waals surface area contributed by atoms with E-state index in [4.69, 9.17) is 5.11 Å². The summed E-state index contributed by atoms with van der Waals surface area (Å²) in [6.45, 7) is 1.69. The number of carboxylic acid groups (broad SMARTS) is 1. The van der Waals surface area contributed by atoms with Gasteiger partial charge in [-0.15, -0.1) is 11.3 Å². The van der Waals surface area contributed by atoms with Crippen molar-refractivity contribution < 1.29 is 18.3 Å². The summed E-state index contributed by atoms with van der Waals surface area (Å²) in [5.74, 6) is -0.990. The van der Waals surface area contributed by atoms with Crippen molar-refractivity contribution in [3.8, 4) is 0 Å². The molecule has 3 rings (SSSR count). The van der Waals surface area contributed by atoms with Crippen molar-refractivity contribution in [2.24, 2.45) is 5.92 Å². The molecule has 0 bridgehead atoms. The van der Waals surface area contributed by atoms with E-state index < -0.39 is 16.0 Å². The molecule has 2 aromatic rings. The molecule has 1 N–H and O–H groups in total. The predicted octanol–water partition coefficient (Wildman–Crippen LogP) is 2.87. The van der Waals surface area contributed by atoms with Gasteiger partial charge >= 0.3 is 5.97 Å². The van der Waals surface area contributed by atoms with Gasteiger partial charge in [0.05, 0.1) is 5.92 Å². The fourth-order valence-electron chi connectivity index (χ4n) is 3.14. The van der Waals surface area contributed by atoms with Crippen LogP contribution >= 0.6 is 11.3 Å². The van der Waals surface area contributed by atoms with Crippen molar-refractivity contribution in [3.05, 3.63) is 47.3 Å². The molecule has 6 nitrogen and oxygen atoms in total. The molecule has 1 fully saturated rings. The molecule has 0 amide bonds. The highest BCUT2D eigenvalue weighted by molar-refractivity contribution is 7.91. The Morgan fingerprint density at radius 2 is 2.00 bits per heavy atom. The normalized spacial score (nSPS) is 16.2. The molecule has 1 saturated heterocycles. The number of thiophene rings is 1. The van der Waals surface area contributed by atoms with E-state index in [1.54, 1.807) is 24.6 Å². The van der Waals surface area contributed by atoms with Gasteiger partial charge < -0.3 is 10.0 Å². The van der Waals surface area contributed by atoms with E-state index in [1.165, 1.54) is 15.6 Å². The molecule has 1 aliphatic rings. The maximum absolute atomic E-state index is 12.6. The minimum atomic E-state index is -3.48. The Morgan fingerprint density at radius 1 is 1.27 bits per heavy atom. The summed E-state index contributed by atoms with van der Waals surface area (Å²) < 4.78 is 26.8. The first-order chi connectivity index (χ1) is 12.4. The van der Waals surface area contributed by atoms with E-state index >= 15 is 0 Å². The van der Waals surface area contributed by atoms with Crippen molar-refractivity contribution in [1.82, 2.24) is 4.31 Å². The molecular weight excluding hydrogens is 372 g/mol. The van der Waals surface area contributed by atoms with Crippen molar-refractivity contribution in [2.75, 3.05) is 25.0 Å². The van der Waals surface area contributed by atoms with Crippen LogP contribution in [0.4, 0.5) is 5.69 Å². The zero-order valence-electron chi connectivity index (χ0n) is 14.5. The topological polar surface area (TPSA) is 77.9 Å². The van der Waals surface area contributed by atoms with E-state index in [0.717, 1.165) is 11.3 Å². The van der Waals surface area contributed by atoms with Gasteiger partial charge in [0.25, 0.3) is 10.0 Å². The first kappa shape index (κ1) is 18.9. The number of hydrogen-bond donors (Lipinski definition) is 1. The molecule has 1 aromatic carbocycles. The number of benzene rings is 1. The standard InChI is InChI=1S/C18H22N2O4S2/c1-19(26(23,24)17-6-3-11-25-17)13-14-4-2-5-16(12-14)20-9-7-15(8-10-20)18(21)22/h2-6,11-12,15H,7-10,13H2,1H3,(H,21,22). The highest BCUT2D eigenvalue weighted by Gasteiger charge is 2.25. The molecule has 0 saturated carbocycles. The lowest BCUT2D eigenvalue weighted by Gasteiger charge is -2.32. The number of hydrogen-bond acceptors (Lipinski definition) is 5. The summed E-state index contributed by atoms with van der Waals surface area (Å²) in [4.78, 5) is 13.2. The Hall–Kier alpha value is -1.90. The van der Waals surface area contributed by atoms with Gasteiger partial charge in [0, 0.05) is 32.4 Å². The maximum Gasteiger partial charge on any atom is 0.306 e. The molecule has 8 heteroatoms. The summed E-state index contributed by atoms with van der Waals surface area (Å²) in [5, 5.41) is 10.9. The fraction of sp³-hybridized carbons (Fsp3) is 0.389. The predicted molar refractivity (Wildman–Crippen MR) is 102 cm³/mol. The van der Waals surface area contributed by atoms with Gasteiger partial charge in [-0.05, 0) is 42.0 Å². The second-order valence-corrected chi connectivity index (χ2v) is 9.68. The highest BCUT2D eigenvalue weighted by Crippen LogP contribution is 2.26. The molecule has 0 spiro atoms. The fourth-order valence-corrected chi connectivity index (χ4v) is 5.50. The summed E-state index contributed by atoms with van der Waals surface area (Å²) in [7, 11) is -1.89. The monoisotopic (exact) mass is 394 g/mol. The van der Waals surface area contributed by atoms with E-state index in [2.05, 4.69) is 4.90 Å². The van der Waals surface area contributed by atoms with E-state index in [1.807, 2.05) is 24.3 Å². The Labute approximate surface area is 157 Å². The van der Waals surface area contributed by atoms with Crippen LogP contribution in [0.15, 0.2) is 46.0 Å². The van der Waals surface area contributed by atoms with Crippen LogP contribution in [0.3, 0.4) is 0 Å². The largest absolute Gasteiger partial charge is 0.481 e. The summed E-state index contributed by atoms with van der Waals surface area (Å²) in [6.07, 6.45) is 1.26. The third kappa shape index (κ3) is 4.08. The Bertz CT molecular complexity index is 857. The summed E-state index contributed by atoms with van der Waals surface area (Å²) in [6, 6.07) is 11.1. The van der Waals surface area contributed by atoms with Gasteiger partial charge in [0.1, 0.15) is 4.21 Å². The molecule has 0 unspecified atom stereocenters. The molecular formula is C18H22N2O4S2. The van der Waals surface area contributed by atoms with Crippen LogP contribution in [0, 0.1) is 5.92 Å². The van der Waals surface area contributed by atoms with Crippen molar-refractivity contribution in [3.63, 3.8) is 0 Å². The van der Waals surface area contributed by atoms with Gasteiger partial charge in [0.15, 0.2) is 0 Å². The summed E-state index contributed by atoms with van der Waals surface area (Å²) in [5.41, 5.74) is 1.92. The molecule has 26 heavy (non-hydrogen) atoms. The van der Waals surface area contributed by atoms with Crippen LogP contribution in [-0.4, -0.2) is 43.9 Å². The Morgan fingerprint density at radius 3 is 2.62 bits per heavy atom. The number of sulfonamides is 1. The summed E-state index contributed by atoms with van der Waals surface area (Å²) >= 11 is 1.21. The molecule has 2 heterocycles. The van der Waals surface area contributed by atoms with Crippen molar-refractivity contribution >= 4 is 33.0 Å². The van der Waals surface area contributed by atoms with Crippen LogP contribution in [0.25, 0.3) is 0 Å². The van der Waals surface area contributed by atoms with Crippen LogP contribution < -0.4 is 4.90 Å². The lowest BCUT2D eigenvalue weighted by atomic mass is 9.96. The molecule has 0 aliphatic carbocycles. The van der Waals surface area contributed by atoms with Gasteiger partial charge in [0.2, 0.25) is 0 Å². The van der Waals surface area contributed by atoms with Crippen LogP contribution in [0.2, 0.25) is 0 Å². The zero-order valence-corrected chi connectivity index (χ0v) is 16.2. The highest BCUT2D eigenvalue weighted by atomic mass is 32.2. The number of carboxylic acids is 1. The molecule has 1 aromatic heterocycles. The first-order valence-corrected chi connectivity index (χ1v) is 10.8. The van der Waals surface area contributed by atoms with Crippen LogP contribution in [0.1, 0.15) is 18.4 Å². The average molecular weight is 395 g/mol. The van der Waals surface area contributed by atoms with Gasteiger partial charge in [-0.25, -0.2) is 8.42 Å². The van der Waals surface area contributed by atoms with E-state index in [9.17, 15) is 13.2 Å². The molecule has 1 aliphatic heterocycles. The minimum Gasteiger partial charge on any atom is -0.481 e. The third-order valence-electron chi connectivity index (χ3n) is 4.68. The smallest absolute Gasteiger partial charge is 0.306 e. The van der Waals surface area contributed by atoms with E-state index in [-0.39, 0.29) is 5.92 Å². The number of rotatable bonds is 6. The number of nitrogens with zero attached hydrogens (tertiary/aromatic N) is 2. The van der Waals surface area contributed by atoms with Crippen molar-refractivity contribution in [1.29, 1.82) is 0 Å². The van der Waals surface area contributed by atoms with Crippen LogP contribution in [-0.2, 0) is 21.4 Å². The minimum absolute atomic E-state index is 0.267. The van der Waals surface area contributed by atoms with Crippen LogP contribution in [0.5, 0.6) is 0 Å². The van der Waals surface area contributed by atoms with Crippen molar-refractivity contribution in [2.45, 2.75) is 23.6 Å². The molecule has 140 valence electrons. The number of aliphatic carboxylic acids is 1. The average Bonchev–Trinajstić information content (AvgIpc) is 3.17. The number of anilines is 1. The van der Waals surface area contributed by atoms with Gasteiger partial charge in [-0.1, -0.05) is 18.2 Å². The Kier molecular flexibility index (Phi) is 5.64. The second kappa shape index (κ2) is 7.77. The van der Waals surface area contributed by atoms with Gasteiger partial charge in [-0.3, -0.25) is 4.79 Å². The number of carbonyl (C=O) groups is 1. The first-order valence-electron chi connectivity index (χ1n) is 8.44. The molecule has 0 radical (unpaired) electrons. The van der Waals surface area contributed by atoms with E-state index in [0.29, 0.717) is 36.7 Å². The Balaban J connectivity index is 1.69.